The first kappa shape index (κ1) is 22.9. The van der Waals surface area contributed by atoms with E-state index in [0.717, 1.165) is 0 Å². The molecule has 0 atom stereocenters. The monoisotopic (exact) mass is 397 g/mol. The zero-order valence-corrected chi connectivity index (χ0v) is 15.1. The van der Waals surface area contributed by atoms with Gasteiger partial charge in [-0.05, 0) is 48.5 Å². The maximum absolute atomic E-state index is 12.4. The smallest absolute Gasteiger partial charge is 0.545 e. The summed E-state index contributed by atoms with van der Waals surface area (Å²) >= 11 is 11.8. The number of anilines is 1. The Morgan fingerprint density at radius 1 is 1.00 bits per heavy atom. The van der Waals surface area contributed by atoms with Crippen molar-refractivity contribution in [2.45, 2.75) is 7.43 Å². The van der Waals surface area contributed by atoms with Crippen molar-refractivity contribution in [3.63, 3.8) is 0 Å². The largest absolute Gasteiger partial charge is 1.00 e. The summed E-state index contributed by atoms with van der Waals surface area (Å²) in [4.78, 5) is 23.8. The Morgan fingerprint density at radius 2 is 1.74 bits per heavy atom. The number of amides is 1. The predicted octanol–water partition coefficient (Wildman–Crippen LogP) is 1.51. The van der Waals surface area contributed by atoms with Crippen LogP contribution in [0, 0.1) is 0 Å². The van der Waals surface area contributed by atoms with E-state index in [0.29, 0.717) is 16.3 Å². The molecular weight excluding hydrogens is 384 g/mol. The molecule has 1 N–H and O–H groups in total. The molecule has 27 heavy (non-hydrogen) atoms. The van der Waals surface area contributed by atoms with E-state index < -0.39 is 11.9 Å². The molecule has 0 aliphatic carbocycles. The van der Waals surface area contributed by atoms with Gasteiger partial charge in [-0.3, -0.25) is 4.79 Å². The fraction of sp³-hybridized carbons (Fsp3) is 0.0526. The van der Waals surface area contributed by atoms with Gasteiger partial charge in [-0.1, -0.05) is 30.6 Å². The molecule has 0 aliphatic heterocycles. The molecule has 3 rings (SSSR count). The number of nitrogens with one attached hydrogen (secondary N) is 1. The van der Waals surface area contributed by atoms with Gasteiger partial charge in [0.05, 0.1) is 28.5 Å². The second-order valence-corrected chi connectivity index (χ2v) is 5.95. The number of hydrogen-bond acceptors (Lipinski definition) is 4. The van der Waals surface area contributed by atoms with Crippen LogP contribution in [-0.2, 0) is 0 Å². The van der Waals surface area contributed by atoms with Crippen LogP contribution in [0.15, 0.2) is 59.2 Å². The maximum Gasteiger partial charge on any atom is 1.00 e. The van der Waals surface area contributed by atoms with Gasteiger partial charge in [-0.25, -0.2) is 0 Å². The zero-order valence-electron chi connectivity index (χ0n) is 13.6. The molecule has 2 aromatic carbocycles. The Bertz CT molecular complexity index is 958. The van der Waals surface area contributed by atoms with E-state index in [-0.39, 0.29) is 48.1 Å². The third-order valence-corrected chi connectivity index (χ3v) is 4.02. The van der Waals surface area contributed by atoms with Crippen LogP contribution in [0.1, 0.15) is 28.1 Å². The van der Waals surface area contributed by atoms with E-state index in [1.54, 1.807) is 18.2 Å². The summed E-state index contributed by atoms with van der Waals surface area (Å²) in [6.07, 6.45) is 1.48. The molecule has 3 aromatic rings. The van der Waals surface area contributed by atoms with Gasteiger partial charge in [0, 0.05) is 16.1 Å². The van der Waals surface area contributed by atoms with Gasteiger partial charge in [0.2, 0.25) is 0 Å². The van der Waals surface area contributed by atoms with Crippen LogP contribution in [0.25, 0.3) is 11.3 Å². The number of carbonyl (C=O) groups is 2. The van der Waals surface area contributed by atoms with Crippen LogP contribution in [0.3, 0.4) is 0 Å². The fourth-order valence-corrected chi connectivity index (χ4v) is 2.78. The molecule has 0 aliphatic rings. The van der Waals surface area contributed by atoms with Gasteiger partial charge in [0.1, 0.15) is 5.76 Å². The SMILES string of the molecule is C.O=C(Nc1ccc(-c2ccco2)cc1C(=O)[O-])c1ccc(Cl)cc1Cl.[Li+]. The van der Waals surface area contributed by atoms with Crippen LogP contribution >= 0.6 is 23.2 Å². The predicted molar refractivity (Wildman–Crippen MR) is 99.6 cm³/mol. The van der Waals surface area contributed by atoms with Crippen molar-refractivity contribution in [3.8, 4) is 11.3 Å². The van der Waals surface area contributed by atoms with E-state index in [1.807, 2.05) is 0 Å². The molecule has 0 bridgehead atoms. The molecule has 0 saturated heterocycles. The van der Waals surface area contributed by atoms with Crippen LogP contribution < -0.4 is 29.3 Å². The number of hydrogen-bond donors (Lipinski definition) is 1. The minimum atomic E-state index is -1.43. The molecule has 0 unspecified atom stereocenters. The summed E-state index contributed by atoms with van der Waals surface area (Å²) in [5.74, 6) is -1.48. The fourth-order valence-electron chi connectivity index (χ4n) is 2.28. The summed E-state index contributed by atoms with van der Waals surface area (Å²) < 4.78 is 5.24. The van der Waals surface area contributed by atoms with Crippen LogP contribution in [0.4, 0.5) is 5.69 Å². The van der Waals surface area contributed by atoms with Crippen LogP contribution in [0.5, 0.6) is 0 Å². The van der Waals surface area contributed by atoms with Crippen molar-refractivity contribution in [1.29, 1.82) is 0 Å². The molecule has 134 valence electrons. The van der Waals surface area contributed by atoms with E-state index in [2.05, 4.69) is 5.32 Å². The number of halogens is 2. The first-order chi connectivity index (χ1) is 12.0. The molecule has 0 radical (unpaired) electrons. The number of benzene rings is 2. The summed E-state index contributed by atoms with van der Waals surface area (Å²) in [7, 11) is 0. The third-order valence-electron chi connectivity index (χ3n) is 3.47. The van der Waals surface area contributed by atoms with E-state index in [9.17, 15) is 14.7 Å². The number of carboxylic acid groups (broad SMARTS) is 1. The van der Waals surface area contributed by atoms with E-state index in [1.165, 1.54) is 36.6 Å². The second kappa shape index (κ2) is 9.68. The minimum Gasteiger partial charge on any atom is -0.545 e. The Kier molecular flexibility index (Phi) is 8.20. The molecule has 1 aromatic heterocycles. The first-order valence-corrected chi connectivity index (χ1v) is 7.87. The van der Waals surface area contributed by atoms with E-state index >= 15 is 0 Å². The first-order valence-electron chi connectivity index (χ1n) is 7.11. The Morgan fingerprint density at radius 3 is 2.33 bits per heavy atom. The van der Waals surface area contributed by atoms with Crippen molar-refractivity contribution in [3.05, 3.63) is 76.0 Å². The van der Waals surface area contributed by atoms with Crippen LogP contribution in [-0.4, -0.2) is 11.9 Å². The normalized spacial score (nSPS) is 9.70. The topological polar surface area (TPSA) is 82.4 Å². The zero-order chi connectivity index (χ0) is 18.0. The van der Waals surface area contributed by atoms with Crippen molar-refractivity contribution in [2.75, 3.05) is 5.32 Å². The molecule has 1 amide bonds. The van der Waals surface area contributed by atoms with Gasteiger partial charge in [-0.15, -0.1) is 0 Å². The average Bonchev–Trinajstić information content (AvgIpc) is 3.09. The Labute approximate surface area is 178 Å². The van der Waals surface area contributed by atoms with Crippen molar-refractivity contribution in [2.24, 2.45) is 0 Å². The Balaban J connectivity index is 0.00000182. The molecule has 8 heteroatoms. The van der Waals surface area contributed by atoms with Crippen LogP contribution in [0.2, 0.25) is 10.0 Å². The summed E-state index contributed by atoms with van der Waals surface area (Å²) in [5, 5.41) is 14.5. The molecular formula is C19H14Cl2LiNO4. The van der Waals surface area contributed by atoms with E-state index in [4.69, 9.17) is 27.6 Å². The van der Waals surface area contributed by atoms with Crippen molar-refractivity contribution < 1.29 is 38.0 Å². The summed E-state index contributed by atoms with van der Waals surface area (Å²) in [5.41, 5.74) is 0.635. The summed E-state index contributed by atoms with van der Waals surface area (Å²) in [6, 6.07) is 12.2. The van der Waals surface area contributed by atoms with Gasteiger partial charge in [0.15, 0.2) is 0 Å². The molecule has 1 heterocycles. The van der Waals surface area contributed by atoms with Crippen molar-refractivity contribution >= 4 is 40.8 Å². The number of furan rings is 1. The third kappa shape index (κ3) is 5.18. The maximum atomic E-state index is 12.4. The van der Waals surface area contributed by atoms with Gasteiger partial charge >= 0.3 is 18.9 Å². The van der Waals surface area contributed by atoms with Crippen molar-refractivity contribution in [1.82, 2.24) is 0 Å². The number of carboxylic acids is 1. The molecule has 0 fully saturated rings. The molecule has 0 spiro atoms. The van der Waals surface area contributed by atoms with Gasteiger partial charge < -0.3 is 19.6 Å². The standard InChI is InChI=1S/C18H11Cl2NO4.CH4.Li/c19-11-4-5-12(14(20)9-11)17(22)21-15-6-3-10(8-13(15)18(23)24)16-2-1-7-25-16;;/h1-9H,(H,21,22)(H,23,24);1H4;/q;;+1/p-1. The number of carbonyl (C=O) groups excluding carboxylic acids is 2. The van der Waals surface area contributed by atoms with Gasteiger partial charge in [0.25, 0.3) is 5.91 Å². The Hall–Kier alpha value is -2.16. The number of aromatic carboxylic acids is 1. The minimum absolute atomic E-state index is 0. The quantitative estimate of drug-likeness (QED) is 0.676. The summed E-state index contributed by atoms with van der Waals surface area (Å²) in [6.45, 7) is 0. The van der Waals surface area contributed by atoms with Gasteiger partial charge in [-0.2, -0.15) is 0 Å². The molecule has 0 saturated carbocycles. The second-order valence-electron chi connectivity index (χ2n) is 5.10. The number of rotatable bonds is 4. The average molecular weight is 398 g/mol. The molecule has 5 nitrogen and oxygen atoms in total.